The van der Waals surface area contributed by atoms with E-state index in [1.807, 2.05) is 19.1 Å². The lowest BCUT2D eigenvalue weighted by Gasteiger charge is -2.24. The molecule has 1 aromatic heterocycles. The van der Waals surface area contributed by atoms with Gasteiger partial charge in [-0.15, -0.1) is 0 Å². The number of halogens is 1. The number of hydrogen-bond acceptors (Lipinski definition) is 7. The molecular formula is C24H19ClN2O5S. The second kappa shape index (κ2) is 8.80. The number of rotatable bonds is 5. The summed E-state index contributed by atoms with van der Waals surface area (Å²) in [4.78, 5) is 44.6. The minimum Gasteiger partial charge on any atom is -0.503 e. The molecule has 1 aliphatic rings. The number of aliphatic hydroxyl groups is 1. The second-order valence-electron chi connectivity index (χ2n) is 7.49. The Morgan fingerprint density at radius 3 is 2.33 bits per heavy atom. The van der Waals surface area contributed by atoms with Crippen molar-refractivity contribution in [3.05, 3.63) is 92.1 Å². The molecule has 9 heteroatoms. The van der Waals surface area contributed by atoms with Crippen LogP contribution in [0.2, 0.25) is 5.02 Å². The molecule has 1 unspecified atom stereocenters. The molecule has 0 saturated carbocycles. The molecule has 1 atom stereocenters. The first-order valence-electron chi connectivity index (χ1n) is 9.92. The van der Waals surface area contributed by atoms with E-state index < -0.39 is 29.5 Å². The van der Waals surface area contributed by atoms with Gasteiger partial charge in [0.2, 0.25) is 0 Å². The fourth-order valence-electron chi connectivity index (χ4n) is 3.62. The number of aliphatic hydroxyl groups excluding tert-OH is 1. The quantitative estimate of drug-likeness (QED) is 0.407. The number of methoxy groups -OCH3 is 1. The van der Waals surface area contributed by atoms with Gasteiger partial charge in [-0.1, -0.05) is 52.8 Å². The highest BCUT2D eigenvalue weighted by Crippen LogP contribution is 2.43. The van der Waals surface area contributed by atoms with Crippen molar-refractivity contribution in [1.29, 1.82) is 0 Å². The van der Waals surface area contributed by atoms with E-state index >= 15 is 0 Å². The zero-order chi connectivity index (χ0) is 23.9. The minimum absolute atomic E-state index is 0.0707. The molecule has 1 amide bonds. The maximum absolute atomic E-state index is 13.4. The second-order valence-corrected chi connectivity index (χ2v) is 8.90. The van der Waals surface area contributed by atoms with Gasteiger partial charge in [0.15, 0.2) is 16.7 Å². The third-order valence-corrected chi connectivity index (χ3v) is 6.70. The maximum Gasteiger partial charge on any atom is 0.350 e. The molecule has 0 aliphatic carbocycles. The number of ether oxygens (including phenoxy) is 1. The van der Waals surface area contributed by atoms with Crippen molar-refractivity contribution in [3.63, 3.8) is 0 Å². The van der Waals surface area contributed by atoms with Crippen molar-refractivity contribution in [2.45, 2.75) is 19.9 Å². The summed E-state index contributed by atoms with van der Waals surface area (Å²) < 4.78 is 4.80. The lowest BCUT2D eigenvalue weighted by atomic mass is 9.92. The van der Waals surface area contributed by atoms with E-state index in [1.165, 1.54) is 24.1 Å². The SMILES string of the molecule is COC(=O)c1sc(N2C(=O)C(O)=C(C(=O)c3ccc(Cl)cc3)C2c2ccc(C)cc2)nc1C. The summed E-state index contributed by atoms with van der Waals surface area (Å²) in [5.41, 5.74) is 2.19. The molecule has 1 N–H and O–H groups in total. The summed E-state index contributed by atoms with van der Waals surface area (Å²) in [6.07, 6.45) is 0. The lowest BCUT2D eigenvalue weighted by Crippen LogP contribution is -2.31. The first-order valence-corrected chi connectivity index (χ1v) is 11.1. The van der Waals surface area contributed by atoms with Crippen LogP contribution in [0.15, 0.2) is 59.9 Å². The third kappa shape index (κ3) is 4.03. The number of nitrogens with zero attached hydrogens (tertiary/aromatic N) is 2. The zero-order valence-electron chi connectivity index (χ0n) is 18.0. The number of carbonyl (C=O) groups is 3. The van der Waals surface area contributed by atoms with Gasteiger partial charge in [0.1, 0.15) is 4.88 Å². The number of Topliss-reactive ketones (excluding diaryl/α,β-unsaturated/α-hetero) is 1. The number of hydrogen-bond donors (Lipinski definition) is 1. The molecule has 0 fully saturated rings. The molecule has 1 aliphatic heterocycles. The highest BCUT2D eigenvalue weighted by Gasteiger charge is 2.46. The van der Waals surface area contributed by atoms with Crippen molar-refractivity contribution in [2.24, 2.45) is 0 Å². The van der Waals surface area contributed by atoms with Crippen molar-refractivity contribution in [3.8, 4) is 0 Å². The maximum atomic E-state index is 13.4. The molecule has 0 spiro atoms. The number of aromatic nitrogens is 1. The highest BCUT2D eigenvalue weighted by atomic mass is 35.5. The normalized spacial score (nSPS) is 15.8. The molecular weight excluding hydrogens is 464 g/mol. The van der Waals surface area contributed by atoms with Crippen molar-refractivity contribution >= 4 is 45.7 Å². The van der Waals surface area contributed by atoms with E-state index in [-0.39, 0.29) is 21.1 Å². The number of thiazole rings is 1. The van der Waals surface area contributed by atoms with Crippen molar-refractivity contribution in [1.82, 2.24) is 4.98 Å². The van der Waals surface area contributed by atoms with Crippen LogP contribution < -0.4 is 4.90 Å². The summed E-state index contributed by atoms with van der Waals surface area (Å²) in [6, 6.07) is 12.5. The summed E-state index contributed by atoms with van der Waals surface area (Å²) in [7, 11) is 1.26. The highest BCUT2D eigenvalue weighted by molar-refractivity contribution is 7.17. The van der Waals surface area contributed by atoms with Crippen LogP contribution in [0.3, 0.4) is 0 Å². The van der Waals surface area contributed by atoms with E-state index in [9.17, 15) is 19.5 Å². The summed E-state index contributed by atoms with van der Waals surface area (Å²) in [5, 5.41) is 11.5. The first-order chi connectivity index (χ1) is 15.7. The van der Waals surface area contributed by atoms with Gasteiger partial charge in [0, 0.05) is 10.6 Å². The average Bonchev–Trinajstić information content (AvgIpc) is 3.31. The Morgan fingerprint density at radius 1 is 1.09 bits per heavy atom. The Hall–Kier alpha value is -3.49. The van der Waals surface area contributed by atoms with Gasteiger partial charge in [-0.2, -0.15) is 0 Å². The van der Waals surface area contributed by atoms with Crippen LogP contribution in [-0.2, 0) is 9.53 Å². The molecule has 0 radical (unpaired) electrons. The van der Waals surface area contributed by atoms with Gasteiger partial charge in [-0.05, 0) is 43.7 Å². The monoisotopic (exact) mass is 482 g/mol. The van der Waals surface area contributed by atoms with E-state index in [4.69, 9.17) is 16.3 Å². The van der Waals surface area contributed by atoms with Crippen LogP contribution in [0.4, 0.5) is 5.13 Å². The van der Waals surface area contributed by atoms with Crippen LogP contribution in [0.25, 0.3) is 0 Å². The van der Waals surface area contributed by atoms with Crippen molar-refractivity contribution < 1.29 is 24.2 Å². The van der Waals surface area contributed by atoms with E-state index in [2.05, 4.69) is 4.98 Å². The van der Waals surface area contributed by atoms with E-state index in [1.54, 1.807) is 31.2 Å². The summed E-state index contributed by atoms with van der Waals surface area (Å²) >= 11 is 6.91. The van der Waals surface area contributed by atoms with E-state index in [0.29, 0.717) is 16.3 Å². The number of esters is 1. The molecule has 2 heterocycles. The smallest absolute Gasteiger partial charge is 0.350 e. The summed E-state index contributed by atoms with van der Waals surface area (Å²) in [5.74, 6) is -2.52. The van der Waals surface area contributed by atoms with Crippen LogP contribution >= 0.6 is 22.9 Å². The Kier molecular flexibility index (Phi) is 6.05. The average molecular weight is 483 g/mol. The fourth-order valence-corrected chi connectivity index (χ4v) is 4.76. The number of carbonyl (C=O) groups excluding carboxylic acids is 3. The molecule has 0 saturated heterocycles. The summed E-state index contributed by atoms with van der Waals surface area (Å²) in [6.45, 7) is 3.54. The Bertz CT molecular complexity index is 1300. The van der Waals surface area contributed by atoms with Gasteiger partial charge >= 0.3 is 5.97 Å². The van der Waals surface area contributed by atoms with Gasteiger partial charge in [-0.25, -0.2) is 9.78 Å². The predicted octanol–water partition coefficient (Wildman–Crippen LogP) is 4.98. The minimum atomic E-state index is -0.933. The van der Waals surface area contributed by atoms with Crippen LogP contribution in [0, 0.1) is 13.8 Å². The number of benzene rings is 2. The molecule has 168 valence electrons. The molecule has 0 bridgehead atoms. The molecule has 33 heavy (non-hydrogen) atoms. The Morgan fingerprint density at radius 2 is 1.73 bits per heavy atom. The van der Waals surface area contributed by atoms with Gasteiger partial charge < -0.3 is 9.84 Å². The molecule has 7 nitrogen and oxygen atoms in total. The number of anilines is 1. The van der Waals surface area contributed by atoms with Gasteiger partial charge in [0.05, 0.1) is 24.4 Å². The predicted molar refractivity (Wildman–Crippen MR) is 125 cm³/mol. The fraction of sp³-hybridized carbons (Fsp3) is 0.167. The van der Waals surface area contributed by atoms with Crippen LogP contribution in [0.1, 0.15) is 42.9 Å². The van der Waals surface area contributed by atoms with Crippen LogP contribution in [0.5, 0.6) is 0 Å². The topological polar surface area (TPSA) is 96.8 Å². The zero-order valence-corrected chi connectivity index (χ0v) is 19.5. The number of aryl methyl sites for hydroxylation is 2. The largest absolute Gasteiger partial charge is 0.503 e. The molecule has 4 rings (SSSR count). The third-order valence-electron chi connectivity index (χ3n) is 5.31. The number of amides is 1. The van der Waals surface area contributed by atoms with E-state index in [0.717, 1.165) is 16.9 Å². The standard InChI is InChI=1S/C24H19ClN2O5S/c1-12-4-6-14(7-5-12)18-17(19(28)15-8-10-16(25)11-9-15)20(29)22(30)27(18)24-26-13(2)21(33-24)23(31)32-3/h4-11,18,29H,1-3H3. The molecule has 2 aromatic carbocycles. The number of ketones is 1. The van der Waals surface area contributed by atoms with Gasteiger partial charge in [0.25, 0.3) is 5.91 Å². The molecule has 3 aromatic rings. The van der Waals surface area contributed by atoms with Crippen LogP contribution in [-0.4, -0.2) is 34.9 Å². The lowest BCUT2D eigenvalue weighted by molar-refractivity contribution is -0.117. The van der Waals surface area contributed by atoms with Crippen molar-refractivity contribution in [2.75, 3.05) is 12.0 Å². The first kappa shape index (κ1) is 22.7. The Labute approximate surface area is 198 Å². The van der Waals surface area contributed by atoms with Gasteiger partial charge in [-0.3, -0.25) is 14.5 Å². The Balaban J connectivity index is 1.87.